The molecule has 32 heavy (non-hydrogen) atoms. The molecule has 0 fully saturated rings. The number of amides is 1. The molecule has 0 radical (unpaired) electrons. The van der Waals surface area contributed by atoms with Gasteiger partial charge in [-0.3, -0.25) is 10.2 Å². The van der Waals surface area contributed by atoms with E-state index >= 15 is 0 Å². The van der Waals surface area contributed by atoms with Crippen LogP contribution in [0.2, 0.25) is 0 Å². The third-order valence-electron chi connectivity index (χ3n) is 4.94. The third-order valence-corrected chi connectivity index (χ3v) is 6.00. The van der Waals surface area contributed by atoms with Crippen LogP contribution < -0.4 is 9.47 Å². The smallest absolute Gasteiger partial charge is 0.283 e. The highest BCUT2D eigenvalue weighted by atomic mass is 32.2. The Morgan fingerprint density at radius 2 is 1.84 bits per heavy atom. The first-order valence-electron chi connectivity index (χ1n) is 10.4. The van der Waals surface area contributed by atoms with Gasteiger partial charge in [0.1, 0.15) is 29.8 Å². The molecule has 0 unspecified atom stereocenters. The molecule has 1 amide bonds. The number of nitrogens with zero attached hydrogens (tertiary/aromatic N) is 3. The Balaban J connectivity index is 1.36. The number of hydrogen-bond donors (Lipinski definition) is 1. The molecule has 0 atom stereocenters. The number of nitrogens with one attached hydrogen (secondary N) is 1. The van der Waals surface area contributed by atoms with Crippen LogP contribution in [0.5, 0.6) is 11.5 Å². The summed E-state index contributed by atoms with van der Waals surface area (Å²) in [7, 11) is 0. The lowest BCUT2D eigenvalue weighted by molar-refractivity contribution is -0.114. The molecule has 2 aliphatic rings. The number of fused-ring (bicyclic) bond motifs is 1. The molecule has 4 rings (SSSR count). The second kappa shape index (κ2) is 9.40. The summed E-state index contributed by atoms with van der Waals surface area (Å²) in [4.78, 5) is 16.5. The number of thioether (sulfide) groups is 1. The van der Waals surface area contributed by atoms with Crippen LogP contribution in [0.3, 0.4) is 0 Å². The molecule has 0 aliphatic carbocycles. The fraction of sp³-hybridized carbons (Fsp3) is 0.250. The van der Waals surface area contributed by atoms with Crippen molar-refractivity contribution < 1.29 is 14.3 Å². The van der Waals surface area contributed by atoms with E-state index in [-0.39, 0.29) is 11.4 Å². The molecule has 0 aromatic heterocycles. The summed E-state index contributed by atoms with van der Waals surface area (Å²) in [5.74, 6) is 1.19. The first-order valence-corrected chi connectivity index (χ1v) is 11.2. The van der Waals surface area contributed by atoms with Crippen molar-refractivity contribution in [1.82, 2.24) is 5.01 Å². The van der Waals surface area contributed by atoms with E-state index in [0.29, 0.717) is 24.1 Å². The lowest BCUT2D eigenvalue weighted by Crippen LogP contribution is -2.35. The number of aliphatic imine (C=N–C) groups is 1. The zero-order valence-corrected chi connectivity index (χ0v) is 19.0. The minimum absolute atomic E-state index is 0.0415. The summed E-state index contributed by atoms with van der Waals surface area (Å²) >= 11 is 1.33. The lowest BCUT2D eigenvalue weighted by Gasteiger charge is -2.20. The Hall–Kier alpha value is -3.39. The second-order valence-electron chi connectivity index (χ2n) is 7.40. The van der Waals surface area contributed by atoms with Crippen LogP contribution in [0, 0.1) is 19.3 Å². The lowest BCUT2D eigenvalue weighted by atomic mass is 10.1. The zero-order chi connectivity index (χ0) is 22.7. The number of amidine groups is 2. The van der Waals surface area contributed by atoms with Gasteiger partial charge in [0.25, 0.3) is 5.91 Å². The average molecular weight is 449 g/mol. The highest BCUT2D eigenvalue weighted by Gasteiger charge is 2.34. The van der Waals surface area contributed by atoms with Crippen molar-refractivity contribution in [2.75, 3.05) is 13.2 Å². The van der Waals surface area contributed by atoms with Gasteiger partial charge in [-0.05, 0) is 73.0 Å². The molecule has 0 bridgehead atoms. The first kappa shape index (κ1) is 21.8. The van der Waals surface area contributed by atoms with Crippen molar-refractivity contribution in [3.05, 3.63) is 64.7 Å². The summed E-state index contributed by atoms with van der Waals surface area (Å²) in [6, 6.07) is 13.5. The minimum atomic E-state index is -0.426. The monoisotopic (exact) mass is 448 g/mol. The van der Waals surface area contributed by atoms with E-state index in [1.807, 2.05) is 57.2 Å². The van der Waals surface area contributed by atoms with Crippen molar-refractivity contribution in [1.29, 1.82) is 5.41 Å². The number of hydrogen-bond acceptors (Lipinski definition) is 6. The number of carbonyl (C=O) groups is 1. The topological polar surface area (TPSA) is 87.3 Å². The summed E-state index contributed by atoms with van der Waals surface area (Å²) in [6.07, 6.45) is 2.39. The molecule has 0 saturated heterocycles. The summed E-state index contributed by atoms with van der Waals surface area (Å²) in [5.41, 5.74) is 3.24. The number of hydrazone groups is 1. The van der Waals surface area contributed by atoms with Crippen molar-refractivity contribution in [3.8, 4) is 11.5 Å². The van der Waals surface area contributed by atoms with E-state index in [1.165, 1.54) is 16.8 Å². The zero-order valence-electron chi connectivity index (χ0n) is 18.2. The predicted molar refractivity (Wildman–Crippen MR) is 129 cm³/mol. The Labute approximate surface area is 191 Å². The standard InChI is InChI=1S/C24H24N4O3S/c1-4-21-27-28-22(25)19(23(29)26-24(28)32-21)14-17-7-9-18(10-8-17)30-11-12-31-20-13-15(2)5-6-16(20)3/h5-10,13-14,25H,4,11-12H2,1-3H3/b19-14-,25-22?. The number of benzene rings is 2. The number of ether oxygens (including phenoxy) is 2. The molecule has 0 spiro atoms. The van der Waals surface area contributed by atoms with E-state index in [9.17, 15) is 4.79 Å². The minimum Gasteiger partial charge on any atom is -0.490 e. The van der Waals surface area contributed by atoms with Crippen LogP contribution in [0.4, 0.5) is 0 Å². The molecule has 164 valence electrons. The van der Waals surface area contributed by atoms with Gasteiger partial charge in [0.2, 0.25) is 5.17 Å². The maximum absolute atomic E-state index is 12.4. The average Bonchev–Trinajstić information content (AvgIpc) is 3.20. The number of rotatable bonds is 7. The van der Waals surface area contributed by atoms with Crippen LogP contribution in [0.1, 0.15) is 30.0 Å². The summed E-state index contributed by atoms with van der Waals surface area (Å²) in [5, 5.41) is 15.4. The van der Waals surface area contributed by atoms with Crippen LogP contribution in [0.15, 0.2) is 58.1 Å². The van der Waals surface area contributed by atoms with E-state index in [2.05, 4.69) is 16.2 Å². The number of carbonyl (C=O) groups excluding carboxylic acids is 1. The quantitative estimate of drug-likeness (QED) is 0.486. The van der Waals surface area contributed by atoms with Gasteiger partial charge in [0.05, 0.1) is 5.57 Å². The summed E-state index contributed by atoms with van der Waals surface area (Å²) in [6.45, 7) is 6.89. The van der Waals surface area contributed by atoms with E-state index < -0.39 is 5.91 Å². The van der Waals surface area contributed by atoms with E-state index in [4.69, 9.17) is 14.9 Å². The maximum atomic E-state index is 12.4. The van der Waals surface area contributed by atoms with Gasteiger partial charge >= 0.3 is 0 Å². The van der Waals surface area contributed by atoms with Gasteiger partial charge in [0.15, 0.2) is 5.84 Å². The van der Waals surface area contributed by atoms with Gasteiger partial charge in [-0.1, -0.05) is 31.2 Å². The SMILES string of the molecule is CCC1=NN2C(=N)/C(=C/c3ccc(OCCOc4cc(C)ccc4C)cc3)C(=O)N=C2S1. The van der Waals surface area contributed by atoms with Crippen LogP contribution in [-0.4, -0.2) is 40.2 Å². The highest BCUT2D eigenvalue weighted by molar-refractivity contribution is 8.26. The van der Waals surface area contributed by atoms with Crippen molar-refractivity contribution >= 4 is 39.8 Å². The van der Waals surface area contributed by atoms with Crippen molar-refractivity contribution in [2.45, 2.75) is 27.2 Å². The normalized spacial score (nSPS) is 16.7. The molecular formula is C24H24N4O3S. The Morgan fingerprint density at radius 3 is 2.59 bits per heavy atom. The molecule has 0 saturated carbocycles. The van der Waals surface area contributed by atoms with Crippen LogP contribution in [-0.2, 0) is 4.79 Å². The fourth-order valence-electron chi connectivity index (χ4n) is 3.18. The highest BCUT2D eigenvalue weighted by Crippen LogP contribution is 2.29. The summed E-state index contributed by atoms with van der Waals surface area (Å²) < 4.78 is 11.6. The molecule has 2 aromatic rings. The second-order valence-corrected chi connectivity index (χ2v) is 8.44. The fourth-order valence-corrected chi connectivity index (χ4v) is 4.00. The van der Waals surface area contributed by atoms with Crippen molar-refractivity contribution in [3.63, 3.8) is 0 Å². The van der Waals surface area contributed by atoms with E-state index in [0.717, 1.165) is 33.9 Å². The maximum Gasteiger partial charge on any atom is 0.283 e. The van der Waals surface area contributed by atoms with Crippen LogP contribution >= 0.6 is 11.8 Å². The Kier molecular flexibility index (Phi) is 6.41. The first-order chi connectivity index (χ1) is 15.4. The van der Waals surface area contributed by atoms with Gasteiger partial charge in [0, 0.05) is 0 Å². The van der Waals surface area contributed by atoms with E-state index in [1.54, 1.807) is 6.08 Å². The van der Waals surface area contributed by atoms with Gasteiger partial charge in [-0.15, -0.1) is 0 Å². The van der Waals surface area contributed by atoms with Crippen molar-refractivity contribution in [2.24, 2.45) is 10.1 Å². The number of aryl methyl sites for hydroxylation is 2. The molecule has 1 N–H and O–H groups in total. The van der Waals surface area contributed by atoms with Gasteiger partial charge in [-0.25, -0.2) is 0 Å². The Bertz CT molecular complexity index is 1150. The van der Waals surface area contributed by atoms with Gasteiger partial charge < -0.3 is 9.47 Å². The predicted octanol–water partition coefficient (Wildman–Crippen LogP) is 4.79. The molecule has 2 heterocycles. The molecule has 8 heteroatoms. The molecule has 2 aromatic carbocycles. The molecule has 7 nitrogen and oxygen atoms in total. The third kappa shape index (κ3) is 4.75. The molecule has 2 aliphatic heterocycles. The van der Waals surface area contributed by atoms with Crippen LogP contribution in [0.25, 0.3) is 6.08 Å². The Morgan fingerprint density at radius 1 is 1.09 bits per heavy atom. The van der Waals surface area contributed by atoms with Gasteiger partial charge in [-0.2, -0.15) is 15.1 Å². The molecular weight excluding hydrogens is 424 g/mol. The largest absolute Gasteiger partial charge is 0.490 e.